The molecule has 6 nitrogen and oxygen atoms in total. The molecule has 0 radical (unpaired) electrons. The third-order valence-corrected chi connectivity index (χ3v) is 3.78. The number of benzene rings is 1. The lowest BCUT2D eigenvalue weighted by Crippen LogP contribution is -2.20. The van der Waals surface area contributed by atoms with E-state index in [1.165, 1.54) is 12.1 Å². The quantitative estimate of drug-likeness (QED) is 0.363. The molecule has 0 spiro atoms. The molecule has 0 fully saturated rings. The minimum absolute atomic E-state index is 0.0243. The van der Waals surface area contributed by atoms with Gasteiger partial charge in [-0.25, -0.2) is 14.4 Å². The minimum Gasteiger partial charge on any atom is -0.478 e. The fraction of sp³-hybridized carbons (Fsp3) is 0.450. The summed E-state index contributed by atoms with van der Waals surface area (Å²) >= 11 is 0. The molecule has 0 bridgehead atoms. The molecule has 1 atom stereocenters. The van der Waals surface area contributed by atoms with E-state index in [0.717, 1.165) is 19.3 Å². The number of hydrogen-bond acceptors (Lipinski definition) is 5. The van der Waals surface area contributed by atoms with E-state index in [-0.39, 0.29) is 23.8 Å². The number of carboxylic acid groups (broad SMARTS) is 1. The van der Waals surface area contributed by atoms with Gasteiger partial charge in [-0.3, -0.25) is 0 Å². The molecule has 0 aliphatic rings. The Bertz CT molecular complexity index is 649. The van der Waals surface area contributed by atoms with Crippen LogP contribution in [0.3, 0.4) is 0 Å². The monoisotopic (exact) mass is 362 g/mol. The summed E-state index contributed by atoms with van der Waals surface area (Å²) in [4.78, 5) is 34.9. The predicted octanol–water partition coefficient (Wildman–Crippen LogP) is 4.00. The van der Waals surface area contributed by atoms with E-state index in [0.29, 0.717) is 18.4 Å². The van der Waals surface area contributed by atoms with Gasteiger partial charge in [0.15, 0.2) is 0 Å². The first kappa shape index (κ1) is 21.4. The minimum atomic E-state index is -1.18. The molecular formula is C20H26O6. The Morgan fingerprint density at radius 2 is 1.73 bits per heavy atom. The zero-order valence-corrected chi connectivity index (χ0v) is 15.3. The number of carboxylic acids is 1. The zero-order valence-electron chi connectivity index (χ0n) is 15.3. The third-order valence-electron chi connectivity index (χ3n) is 3.78. The molecule has 1 aromatic carbocycles. The van der Waals surface area contributed by atoms with Crippen LogP contribution < -0.4 is 0 Å². The topological polar surface area (TPSA) is 89.9 Å². The predicted molar refractivity (Wildman–Crippen MR) is 97.1 cm³/mol. The van der Waals surface area contributed by atoms with Crippen LogP contribution in [0.1, 0.15) is 66.7 Å². The highest BCUT2D eigenvalue weighted by Crippen LogP contribution is 2.14. The van der Waals surface area contributed by atoms with Crippen molar-refractivity contribution >= 4 is 17.9 Å². The van der Waals surface area contributed by atoms with Crippen molar-refractivity contribution < 1.29 is 29.0 Å². The maximum Gasteiger partial charge on any atom is 0.339 e. The van der Waals surface area contributed by atoms with E-state index in [9.17, 15) is 14.4 Å². The second-order valence-corrected chi connectivity index (χ2v) is 6.08. The Morgan fingerprint density at radius 1 is 1.12 bits per heavy atom. The molecule has 1 unspecified atom stereocenters. The van der Waals surface area contributed by atoms with E-state index < -0.39 is 17.9 Å². The van der Waals surface area contributed by atoms with Crippen LogP contribution in [0.2, 0.25) is 0 Å². The van der Waals surface area contributed by atoms with Gasteiger partial charge >= 0.3 is 17.9 Å². The van der Waals surface area contributed by atoms with Crippen molar-refractivity contribution in [1.29, 1.82) is 0 Å². The first-order chi connectivity index (χ1) is 12.4. The van der Waals surface area contributed by atoms with Gasteiger partial charge in [0, 0.05) is 5.57 Å². The fourth-order valence-corrected chi connectivity index (χ4v) is 2.35. The number of hydrogen-bond donors (Lipinski definition) is 1. The van der Waals surface area contributed by atoms with Crippen LogP contribution in [-0.2, 0) is 14.3 Å². The second kappa shape index (κ2) is 11.1. The lowest BCUT2D eigenvalue weighted by atomic mass is 10.1. The lowest BCUT2D eigenvalue weighted by molar-refractivity contribution is -0.145. The van der Waals surface area contributed by atoms with E-state index in [1.54, 1.807) is 19.1 Å². The van der Waals surface area contributed by atoms with Crippen LogP contribution in [0.25, 0.3) is 0 Å². The second-order valence-electron chi connectivity index (χ2n) is 6.08. The molecule has 0 aliphatic heterocycles. The normalized spacial score (nSPS) is 11.5. The molecular weight excluding hydrogens is 336 g/mol. The summed E-state index contributed by atoms with van der Waals surface area (Å²) in [5.41, 5.74) is 0.285. The van der Waals surface area contributed by atoms with Crippen LogP contribution in [0.15, 0.2) is 36.4 Å². The first-order valence-electron chi connectivity index (χ1n) is 8.72. The van der Waals surface area contributed by atoms with Gasteiger partial charge in [-0.05, 0) is 38.3 Å². The van der Waals surface area contributed by atoms with Crippen LogP contribution in [0.4, 0.5) is 0 Å². The van der Waals surface area contributed by atoms with Crippen molar-refractivity contribution in [3.05, 3.63) is 47.5 Å². The van der Waals surface area contributed by atoms with Gasteiger partial charge in [0.2, 0.25) is 0 Å². The van der Waals surface area contributed by atoms with Crippen molar-refractivity contribution in [1.82, 2.24) is 0 Å². The van der Waals surface area contributed by atoms with Gasteiger partial charge in [-0.1, -0.05) is 38.5 Å². The van der Waals surface area contributed by atoms with Crippen molar-refractivity contribution in [2.75, 3.05) is 6.61 Å². The lowest BCUT2D eigenvalue weighted by Gasteiger charge is -2.17. The average Bonchev–Trinajstić information content (AvgIpc) is 2.62. The molecule has 0 amide bonds. The Kier molecular flexibility index (Phi) is 9.12. The van der Waals surface area contributed by atoms with Crippen molar-refractivity contribution in [3.8, 4) is 0 Å². The highest BCUT2D eigenvalue weighted by molar-refractivity contribution is 6.02. The third kappa shape index (κ3) is 7.09. The number of carbonyl (C=O) groups excluding carboxylic acids is 2. The highest BCUT2D eigenvalue weighted by atomic mass is 16.5. The maximum absolute atomic E-state index is 12.1. The van der Waals surface area contributed by atoms with Gasteiger partial charge in [-0.2, -0.15) is 0 Å². The van der Waals surface area contributed by atoms with Crippen LogP contribution >= 0.6 is 0 Å². The van der Waals surface area contributed by atoms with Crippen molar-refractivity contribution in [2.24, 2.45) is 0 Å². The van der Waals surface area contributed by atoms with E-state index >= 15 is 0 Å². The SMILES string of the molecule is C=C(C)C(=O)OC(CCCC)CCCOC(=O)c1ccccc1C(=O)O. The highest BCUT2D eigenvalue weighted by Gasteiger charge is 2.18. The van der Waals surface area contributed by atoms with E-state index in [4.69, 9.17) is 14.6 Å². The Hall–Kier alpha value is -2.63. The Labute approximate surface area is 153 Å². The Morgan fingerprint density at radius 3 is 2.31 bits per heavy atom. The molecule has 0 saturated carbocycles. The van der Waals surface area contributed by atoms with E-state index in [2.05, 4.69) is 13.5 Å². The molecule has 26 heavy (non-hydrogen) atoms. The van der Waals surface area contributed by atoms with Gasteiger partial charge < -0.3 is 14.6 Å². The first-order valence-corrected chi connectivity index (χ1v) is 8.72. The van der Waals surface area contributed by atoms with Crippen molar-refractivity contribution in [3.63, 3.8) is 0 Å². The smallest absolute Gasteiger partial charge is 0.339 e. The molecule has 142 valence electrons. The number of rotatable bonds is 11. The van der Waals surface area contributed by atoms with Crippen LogP contribution in [0.5, 0.6) is 0 Å². The van der Waals surface area contributed by atoms with Crippen LogP contribution in [0, 0.1) is 0 Å². The number of aromatic carboxylic acids is 1. The molecule has 0 aromatic heterocycles. The molecule has 0 heterocycles. The summed E-state index contributed by atoms with van der Waals surface area (Å²) in [5, 5.41) is 9.11. The average molecular weight is 362 g/mol. The summed E-state index contributed by atoms with van der Waals surface area (Å²) in [6, 6.07) is 5.91. The van der Waals surface area contributed by atoms with Gasteiger partial charge in [0.1, 0.15) is 6.10 Å². The molecule has 0 saturated heterocycles. The van der Waals surface area contributed by atoms with E-state index in [1.807, 2.05) is 0 Å². The summed E-state index contributed by atoms with van der Waals surface area (Å²) < 4.78 is 10.6. The fourth-order valence-electron chi connectivity index (χ4n) is 2.35. The van der Waals surface area contributed by atoms with Gasteiger partial charge in [0.25, 0.3) is 0 Å². The summed E-state index contributed by atoms with van der Waals surface area (Å²) in [6.45, 7) is 7.35. The molecule has 1 rings (SSSR count). The summed E-state index contributed by atoms with van der Waals surface area (Å²) in [5.74, 6) is -2.27. The summed E-state index contributed by atoms with van der Waals surface area (Å²) in [7, 11) is 0. The number of carbonyl (C=O) groups is 3. The number of esters is 2. The number of ether oxygens (including phenoxy) is 2. The van der Waals surface area contributed by atoms with Gasteiger partial charge in [-0.15, -0.1) is 0 Å². The molecule has 0 aliphatic carbocycles. The number of unbranched alkanes of at least 4 members (excludes halogenated alkanes) is 1. The van der Waals surface area contributed by atoms with Gasteiger partial charge in [0.05, 0.1) is 17.7 Å². The standard InChI is InChI=1S/C20H26O6/c1-4-5-9-15(26-19(23)14(2)3)10-8-13-25-20(24)17-12-7-6-11-16(17)18(21)22/h6-7,11-12,15H,2,4-5,8-10,13H2,1,3H3,(H,21,22). The zero-order chi connectivity index (χ0) is 19.5. The molecule has 6 heteroatoms. The molecule has 1 aromatic rings. The largest absolute Gasteiger partial charge is 0.478 e. The van der Waals surface area contributed by atoms with Crippen molar-refractivity contribution in [2.45, 2.75) is 52.1 Å². The summed E-state index contributed by atoms with van der Waals surface area (Å²) in [6.07, 6.45) is 3.49. The Balaban J connectivity index is 2.52. The molecule has 1 N–H and O–H groups in total. The van der Waals surface area contributed by atoms with Crippen LogP contribution in [-0.4, -0.2) is 35.7 Å². The maximum atomic E-state index is 12.1.